The van der Waals surface area contributed by atoms with Gasteiger partial charge in [0.05, 0.1) is 12.0 Å². The first-order valence-corrected chi connectivity index (χ1v) is 5.09. The second kappa shape index (κ2) is 4.31. The quantitative estimate of drug-likeness (QED) is 0.827. The van der Waals surface area contributed by atoms with Crippen molar-refractivity contribution in [3.8, 4) is 0 Å². The highest BCUT2D eigenvalue weighted by molar-refractivity contribution is 5.19. The monoisotopic (exact) mass is 205 g/mol. The zero-order valence-corrected chi connectivity index (χ0v) is 8.97. The van der Waals surface area contributed by atoms with Crippen molar-refractivity contribution in [1.82, 2.24) is 15.1 Å². The molecule has 2 aromatic rings. The molecule has 0 spiro atoms. The van der Waals surface area contributed by atoms with Crippen molar-refractivity contribution >= 4 is 0 Å². The van der Waals surface area contributed by atoms with Gasteiger partial charge in [0.2, 0.25) is 0 Å². The van der Waals surface area contributed by atoms with Crippen LogP contribution in [0, 0.1) is 0 Å². The fraction of sp³-hybridized carbons (Fsp3) is 0.364. The zero-order chi connectivity index (χ0) is 10.7. The second-order valence-electron chi connectivity index (χ2n) is 3.31. The Labute approximate surface area is 88.9 Å². The maximum atomic E-state index is 5.41. The van der Waals surface area contributed by atoms with Crippen LogP contribution in [0.15, 0.2) is 35.1 Å². The second-order valence-corrected chi connectivity index (χ2v) is 3.31. The molecule has 1 unspecified atom stereocenters. The van der Waals surface area contributed by atoms with Gasteiger partial charge in [-0.2, -0.15) is 5.10 Å². The fourth-order valence-electron chi connectivity index (χ4n) is 1.74. The summed E-state index contributed by atoms with van der Waals surface area (Å²) in [5, 5.41) is 7.48. The van der Waals surface area contributed by atoms with Crippen molar-refractivity contribution in [2.45, 2.75) is 19.5 Å². The molecule has 1 atom stereocenters. The van der Waals surface area contributed by atoms with Gasteiger partial charge in [-0.1, -0.05) is 0 Å². The van der Waals surface area contributed by atoms with Crippen LogP contribution in [-0.4, -0.2) is 16.8 Å². The Morgan fingerprint density at radius 2 is 2.40 bits per heavy atom. The van der Waals surface area contributed by atoms with Crippen molar-refractivity contribution in [2.75, 3.05) is 7.05 Å². The molecule has 0 bridgehead atoms. The van der Waals surface area contributed by atoms with Gasteiger partial charge in [-0.15, -0.1) is 0 Å². The number of hydrogen-bond donors (Lipinski definition) is 1. The van der Waals surface area contributed by atoms with Gasteiger partial charge in [-0.05, 0) is 32.2 Å². The van der Waals surface area contributed by atoms with E-state index in [4.69, 9.17) is 4.42 Å². The van der Waals surface area contributed by atoms with Gasteiger partial charge >= 0.3 is 0 Å². The van der Waals surface area contributed by atoms with Crippen molar-refractivity contribution in [3.05, 3.63) is 42.1 Å². The van der Waals surface area contributed by atoms with E-state index >= 15 is 0 Å². The summed E-state index contributed by atoms with van der Waals surface area (Å²) in [5.41, 5.74) is 1.12. The third kappa shape index (κ3) is 1.80. The molecule has 4 nitrogen and oxygen atoms in total. The smallest absolute Gasteiger partial charge is 0.126 e. The molecule has 1 N–H and O–H groups in total. The number of aryl methyl sites for hydroxylation is 1. The molecule has 0 aromatic carbocycles. The Bertz CT molecular complexity index is 405. The third-order valence-corrected chi connectivity index (χ3v) is 2.46. The van der Waals surface area contributed by atoms with Crippen LogP contribution in [0.1, 0.15) is 24.4 Å². The van der Waals surface area contributed by atoms with Crippen LogP contribution in [0.3, 0.4) is 0 Å². The first-order chi connectivity index (χ1) is 7.36. The molecule has 2 rings (SSSR count). The molecule has 0 amide bonds. The molecular formula is C11H15N3O. The van der Waals surface area contributed by atoms with E-state index in [-0.39, 0.29) is 6.04 Å². The van der Waals surface area contributed by atoms with Crippen molar-refractivity contribution in [1.29, 1.82) is 0 Å². The SMILES string of the molecule is CCn1nccc1C(NC)c1ccco1. The first kappa shape index (κ1) is 9.98. The highest BCUT2D eigenvalue weighted by atomic mass is 16.3. The molecule has 0 aliphatic carbocycles. The molecule has 2 aromatic heterocycles. The lowest BCUT2D eigenvalue weighted by atomic mass is 10.1. The summed E-state index contributed by atoms with van der Waals surface area (Å²) in [6, 6.07) is 5.94. The normalized spacial score (nSPS) is 12.9. The maximum absolute atomic E-state index is 5.41. The Balaban J connectivity index is 2.35. The van der Waals surface area contributed by atoms with E-state index in [1.807, 2.05) is 36.1 Å². The van der Waals surface area contributed by atoms with Gasteiger partial charge in [0.15, 0.2) is 0 Å². The standard InChI is InChI=1S/C11H15N3O/c1-3-14-9(6-7-13-14)11(12-2)10-5-4-8-15-10/h4-8,11-12H,3H2,1-2H3. The highest BCUT2D eigenvalue weighted by Crippen LogP contribution is 2.21. The number of nitrogens with zero attached hydrogens (tertiary/aromatic N) is 2. The Morgan fingerprint density at radius 3 is 3.00 bits per heavy atom. The molecule has 0 fully saturated rings. The Morgan fingerprint density at radius 1 is 1.53 bits per heavy atom. The van der Waals surface area contributed by atoms with E-state index in [0.29, 0.717) is 0 Å². The summed E-state index contributed by atoms with van der Waals surface area (Å²) in [7, 11) is 1.92. The maximum Gasteiger partial charge on any atom is 0.126 e. The van der Waals surface area contributed by atoms with Crippen molar-refractivity contribution in [3.63, 3.8) is 0 Å². The first-order valence-electron chi connectivity index (χ1n) is 5.09. The predicted molar refractivity (Wildman–Crippen MR) is 57.5 cm³/mol. The lowest BCUT2D eigenvalue weighted by molar-refractivity contribution is 0.444. The van der Waals surface area contributed by atoms with Gasteiger partial charge < -0.3 is 9.73 Å². The highest BCUT2D eigenvalue weighted by Gasteiger charge is 2.17. The number of nitrogens with one attached hydrogen (secondary N) is 1. The summed E-state index contributed by atoms with van der Waals surface area (Å²) in [5.74, 6) is 0.910. The van der Waals surface area contributed by atoms with Crippen LogP contribution in [0.4, 0.5) is 0 Å². The summed E-state index contributed by atoms with van der Waals surface area (Å²) >= 11 is 0. The molecule has 15 heavy (non-hydrogen) atoms. The van der Waals surface area contributed by atoms with Crippen LogP contribution in [0.25, 0.3) is 0 Å². The Kier molecular flexibility index (Phi) is 2.87. The average molecular weight is 205 g/mol. The minimum Gasteiger partial charge on any atom is -0.467 e. The van der Waals surface area contributed by atoms with Crippen molar-refractivity contribution < 1.29 is 4.42 Å². The topological polar surface area (TPSA) is 43.0 Å². The summed E-state index contributed by atoms with van der Waals surface area (Å²) in [6.45, 7) is 2.94. The molecule has 0 aliphatic rings. The van der Waals surface area contributed by atoms with E-state index in [1.165, 1.54) is 0 Å². The van der Waals surface area contributed by atoms with E-state index < -0.39 is 0 Å². The molecule has 0 aliphatic heterocycles. The fourth-order valence-corrected chi connectivity index (χ4v) is 1.74. The molecule has 4 heteroatoms. The average Bonchev–Trinajstić information content (AvgIpc) is 2.89. The number of furan rings is 1. The van der Waals surface area contributed by atoms with Crippen molar-refractivity contribution in [2.24, 2.45) is 0 Å². The minimum absolute atomic E-state index is 0.0717. The summed E-state index contributed by atoms with van der Waals surface area (Å²) < 4.78 is 7.37. The largest absolute Gasteiger partial charge is 0.467 e. The summed E-state index contributed by atoms with van der Waals surface area (Å²) in [6.07, 6.45) is 3.50. The van der Waals surface area contributed by atoms with Gasteiger partial charge in [0, 0.05) is 12.7 Å². The van der Waals surface area contributed by atoms with Crippen LogP contribution in [-0.2, 0) is 6.54 Å². The molecule has 2 heterocycles. The van der Waals surface area contributed by atoms with Gasteiger partial charge in [0.25, 0.3) is 0 Å². The van der Waals surface area contributed by atoms with E-state index in [1.54, 1.807) is 6.26 Å². The zero-order valence-electron chi connectivity index (χ0n) is 8.97. The van der Waals surface area contributed by atoms with Gasteiger partial charge in [-0.25, -0.2) is 0 Å². The van der Waals surface area contributed by atoms with E-state index in [0.717, 1.165) is 18.0 Å². The Hall–Kier alpha value is -1.55. The number of rotatable bonds is 4. The molecule has 0 saturated heterocycles. The molecule has 80 valence electrons. The van der Waals surface area contributed by atoms with E-state index in [9.17, 15) is 0 Å². The lowest BCUT2D eigenvalue weighted by Crippen LogP contribution is -2.20. The number of hydrogen-bond acceptors (Lipinski definition) is 3. The predicted octanol–water partition coefficient (Wildman–Crippen LogP) is 1.80. The van der Waals surface area contributed by atoms with Gasteiger partial charge in [0.1, 0.15) is 11.8 Å². The number of aromatic nitrogens is 2. The van der Waals surface area contributed by atoms with E-state index in [2.05, 4.69) is 17.3 Å². The van der Waals surface area contributed by atoms with Crippen LogP contribution in [0.5, 0.6) is 0 Å². The molecule has 0 saturated carbocycles. The van der Waals surface area contributed by atoms with Crippen LogP contribution >= 0.6 is 0 Å². The van der Waals surface area contributed by atoms with Crippen LogP contribution < -0.4 is 5.32 Å². The third-order valence-electron chi connectivity index (χ3n) is 2.46. The molecule has 0 radical (unpaired) electrons. The summed E-state index contributed by atoms with van der Waals surface area (Å²) in [4.78, 5) is 0. The lowest BCUT2D eigenvalue weighted by Gasteiger charge is -2.14. The van der Waals surface area contributed by atoms with Crippen LogP contribution in [0.2, 0.25) is 0 Å². The van der Waals surface area contributed by atoms with Gasteiger partial charge in [-0.3, -0.25) is 4.68 Å². The minimum atomic E-state index is 0.0717. The molecular weight excluding hydrogens is 190 g/mol.